The fourth-order valence-electron chi connectivity index (χ4n) is 2.14. The van der Waals surface area contributed by atoms with Crippen molar-refractivity contribution < 1.29 is 9.53 Å². The SMILES string of the molecule is CCOc1ccccc1CCC(=O)N(C)Cc1ncc[nH]1. The normalized spacial score (nSPS) is 10.4. The van der Waals surface area contributed by atoms with E-state index in [2.05, 4.69) is 9.97 Å². The van der Waals surface area contributed by atoms with Crippen molar-refractivity contribution in [3.8, 4) is 5.75 Å². The molecule has 2 aromatic rings. The second-order valence-electron chi connectivity index (χ2n) is 4.83. The second kappa shape index (κ2) is 7.47. The molecule has 0 bridgehead atoms. The van der Waals surface area contributed by atoms with Crippen molar-refractivity contribution in [3.05, 3.63) is 48.0 Å². The maximum Gasteiger partial charge on any atom is 0.223 e. The van der Waals surface area contributed by atoms with Crippen molar-refractivity contribution in [2.75, 3.05) is 13.7 Å². The molecule has 0 fully saturated rings. The molecule has 0 unspecified atom stereocenters. The molecular weight excluding hydrogens is 266 g/mol. The predicted octanol–water partition coefficient (Wildman–Crippen LogP) is 2.40. The van der Waals surface area contributed by atoms with Crippen LogP contribution in [0.3, 0.4) is 0 Å². The molecule has 1 aromatic heterocycles. The summed E-state index contributed by atoms with van der Waals surface area (Å²) in [6, 6.07) is 7.86. The van der Waals surface area contributed by atoms with Crippen LogP contribution in [-0.2, 0) is 17.8 Å². The van der Waals surface area contributed by atoms with Gasteiger partial charge >= 0.3 is 0 Å². The molecule has 5 heteroatoms. The number of imidazole rings is 1. The van der Waals surface area contributed by atoms with Gasteiger partial charge in [0.15, 0.2) is 0 Å². The number of carbonyl (C=O) groups is 1. The number of ether oxygens (including phenoxy) is 1. The highest BCUT2D eigenvalue weighted by atomic mass is 16.5. The monoisotopic (exact) mass is 287 g/mol. The first-order chi connectivity index (χ1) is 10.2. The van der Waals surface area contributed by atoms with Crippen LogP contribution >= 0.6 is 0 Å². The third kappa shape index (κ3) is 4.34. The summed E-state index contributed by atoms with van der Waals surface area (Å²) >= 11 is 0. The number of aromatic nitrogens is 2. The highest BCUT2D eigenvalue weighted by Crippen LogP contribution is 2.19. The first-order valence-corrected chi connectivity index (χ1v) is 7.13. The Balaban J connectivity index is 1.88. The molecule has 2 rings (SSSR count). The number of H-pyrrole nitrogens is 1. The maximum absolute atomic E-state index is 12.2. The quantitative estimate of drug-likeness (QED) is 0.850. The van der Waals surface area contributed by atoms with E-state index in [1.54, 1.807) is 24.3 Å². The molecule has 1 aromatic carbocycles. The molecule has 1 N–H and O–H groups in total. The molecular formula is C16H21N3O2. The van der Waals surface area contributed by atoms with Crippen LogP contribution in [0.2, 0.25) is 0 Å². The smallest absolute Gasteiger partial charge is 0.223 e. The summed E-state index contributed by atoms with van der Waals surface area (Å²) in [6.07, 6.45) is 4.58. The van der Waals surface area contributed by atoms with E-state index < -0.39 is 0 Å². The number of benzene rings is 1. The van der Waals surface area contributed by atoms with Crippen LogP contribution in [0.1, 0.15) is 24.7 Å². The second-order valence-corrected chi connectivity index (χ2v) is 4.83. The lowest BCUT2D eigenvalue weighted by molar-refractivity contribution is -0.130. The lowest BCUT2D eigenvalue weighted by Gasteiger charge is -2.16. The summed E-state index contributed by atoms with van der Waals surface area (Å²) < 4.78 is 5.58. The zero-order chi connectivity index (χ0) is 15.1. The van der Waals surface area contributed by atoms with Gasteiger partial charge in [0.1, 0.15) is 11.6 Å². The average Bonchev–Trinajstić information content (AvgIpc) is 2.99. The van der Waals surface area contributed by atoms with E-state index in [-0.39, 0.29) is 5.91 Å². The lowest BCUT2D eigenvalue weighted by atomic mass is 10.1. The number of aromatic amines is 1. The van der Waals surface area contributed by atoms with Crippen molar-refractivity contribution in [3.63, 3.8) is 0 Å². The van der Waals surface area contributed by atoms with E-state index in [0.29, 0.717) is 26.0 Å². The van der Waals surface area contributed by atoms with Crippen molar-refractivity contribution in [1.29, 1.82) is 0 Å². The molecule has 1 amide bonds. The number of para-hydroxylation sites is 1. The minimum atomic E-state index is 0.0951. The number of nitrogens with one attached hydrogen (secondary N) is 1. The fraction of sp³-hybridized carbons (Fsp3) is 0.375. The molecule has 0 saturated heterocycles. The highest BCUT2D eigenvalue weighted by molar-refractivity contribution is 5.76. The molecule has 0 aliphatic rings. The topological polar surface area (TPSA) is 58.2 Å². The largest absolute Gasteiger partial charge is 0.494 e. The number of hydrogen-bond acceptors (Lipinski definition) is 3. The van der Waals surface area contributed by atoms with Crippen LogP contribution in [0.15, 0.2) is 36.7 Å². The van der Waals surface area contributed by atoms with Crippen LogP contribution < -0.4 is 4.74 Å². The van der Waals surface area contributed by atoms with Crippen LogP contribution in [0, 0.1) is 0 Å². The first-order valence-electron chi connectivity index (χ1n) is 7.13. The molecule has 21 heavy (non-hydrogen) atoms. The van der Waals surface area contributed by atoms with Crippen LogP contribution in [0.5, 0.6) is 5.75 Å². The van der Waals surface area contributed by atoms with Gasteiger partial charge in [0, 0.05) is 25.9 Å². The Labute approximate surface area is 125 Å². The molecule has 0 aliphatic carbocycles. The number of carbonyl (C=O) groups excluding carboxylic acids is 1. The average molecular weight is 287 g/mol. The van der Waals surface area contributed by atoms with Gasteiger partial charge in [-0.3, -0.25) is 4.79 Å². The molecule has 0 radical (unpaired) electrons. The van der Waals surface area contributed by atoms with E-state index in [1.165, 1.54) is 0 Å². The third-order valence-corrected chi connectivity index (χ3v) is 3.25. The van der Waals surface area contributed by atoms with Crippen LogP contribution in [0.4, 0.5) is 0 Å². The Bertz CT molecular complexity index is 567. The maximum atomic E-state index is 12.2. The minimum Gasteiger partial charge on any atom is -0.494 e. The highest BCUT2D eigenvalue weighted by Gasteiger charge is 2.12. The number of rotatable bonds is 7. The number of amides is 1. The summed E-state index contributed by atoms with van der Waals surface area (Å²) in [5.41, 5.74) is 1.07. The first kappa shape index (κ1) is 15.1. The number of nitrogens with zero attached hydrogens (tertiary/aromatic N) is 2. The van der Waals surface area contributed by atoms with Crippen molar-refractivity contribution in [2.45, 2.75) is 26.3 Å². The Morgan fingerprint density at radius 1 is 1.38 bits per heavy atom. The van der Waals surface area contributed by atoms with E-state index >= 15 is 0 Å². The summed E-state index contributed by atoms with van der Waals surface area (Å²) in [5, 5.41) is 0. The summed E-state index contributed by atoms with van der Waals surface area (Å²) in [5.74, 6) is 1.75. The van der Waals surface area contributed by atoms with E-state index in [0.717, 1.165) is 17.1 Å². The lowest BCUT2D eigenvalue weighted by Crippen LogP contribution is -2.26. The van der Waals surface area contributed by atoms with Gasteiger partial charge in [0.05, 0.1) is 13.2 Å². The predicted molar refractivity (Wildman–Crippen MR) is 81.0 cm³/mol. The fourth-order valence-corrected chi connectivity index (χ4v) is 2.14. The van der Waals surface area contributed by atoms with E-state index in [1.807, 2.05) is 31.2 Å². The van der Waals surface area contributed by atoms with Gasteiger partial charge in [-0.25, -0.2) is 4.98 Å². The van der Waals surface area contributed by atoms with Crippen molar-refractivity contribution >= 4 is 5.91 Å². The standard InChI is InChI=1S/C16H21N3O2/c1-3-21-14-7-5-4-6-13(14)8-9-16(20)19(2)12-15-17-10-11-18-15/h4-7,10-11H,3,8-9,12H2,1-2H3,(H,17,18). The molecule has 0 aliphatic heterocycles. The van der Waals surface area contributed by atoms with Gasteiger partial charge in [-0.2, -0.15) is 0 Å². The zero-order valence-electron chi connectivity index (χ0n) is 12.5. The molecule has 5 nitrogen and oxygen atoms in total. The van der Waals surface area contributed by atoms with Gasteiger partial charge < -0.3 is 14.6 Å². The van der Waals surface area contributed by atoms with Gasteiger partial charge in [0.2, 0.25) is 5.91 Å². The van der Waals surface area contributed by atoms with Crippen LogP contribution in [0.25, 0.3) is 0 Å². The summed E-state index contributed by atoms with van der Waals surface area (Å²) in [7, 11) is 1.79. The molecule has 0 saturated carbocycles. The molecule has 1 heterocycles. The van der Waals surface area contributed by atoms with Crippen molar-refractivity contribution in [2.24, 2.45) is 0 Å². The summed E-state index contributed by atoms with van der Waals surface area (Å²) in [6.45, 7) is 3.08. The van der Waals surface area contributed by atoms with Crippen molar-refractivity contribution in [1.82, 2.24) is 14.9 Å². The van der Waals surface area contributed by atoms with Gasteiger partial charge in [-0.1, -0.05) is 18.2 Å². The molecule has 0 atom stereocenters. The Morgan fingerprint density at radius 2 is 2.19 bits per heavy atom. The van der Waals surface area contributed by atoms with Gasteiger partial charge in [0.25, 0.3) is 0 Å². The Morgan fingerprint density at radius 3 is 2.90 bits per heavy atom. The third-order valence-electron chi connectivity index (χ3n) is 3.25. The Kier molecular flexibility index (Phi) is 5.37. The molecule has 112 valence electrons. The molecule has 0 spiro atoms. The Hall–Kier alpha value is -2.30. The number of aryl methyl sites for hydroxylation is 1. The minimum absolute atomic E-state index is 0.0951. The number of hydrogen-bond donors (Lipinski definition) is 1. The zero-order valence-corrected chi connectivity index (χ0v) is 12.5. The van der Waals surface area contributed by atoms with E-state index in [9.17, 15) is 4.79 Å². The van der Waals surface area contributed by atoms with Crippen LogP contribution in [-0.4, -0.2) is 34.4 Å². The van der Waals surface area contributed by atoms with Gasteiger partial charge in [-0.05, 0) is 25.0 Å². The van der Waals surface area contributed by atoms with E-state index in [4.69, 9.17) is 4.74 Å². The summed E-state index contributed by atoms with van der Waals surface area (Å²) in [4.78, 5) is 21.0. The van der Waals surface area contributed by atoms with Gasteiger partial charge in [-0.15, -0.1) is 0 Å².